The molecule has 1 atom stereocenters. The van der Waals surface area contributed by atoms with E-state index in [4.69, 9.17) is 5.73 Å². The monoisotopic (exact) mass is 226 g/mol. The first-order valence-electron chi connectivity index (χ1n) is 5.54. The van der Waals surface area contributed by atoms with Gasteiger partial charge < -0.3 is 5.73 Å². The Morgan fingerprint density at radius 2 is 2.00 bits per heavy atom. The summed E-state index contributed by atoms with van der Waals surface area (Å²) in [5, 5.41) is 0. The number of aryl methyl sites for hydroxylation is 1. The Balaban J connectivity index is 2.58. The second kappa shape index (κ2) is 5.64. The molecule has 15 heavy (non-hydrogen) atoms. The quantitative estimate of drug-likeness (QED) is 0.836. The Labute approximate surface area is 97.1 Å². The first kappa shape index (κ1) is 12.7. The summed E-state index contributed by atoms with van der Waals surface area (Å²) in [6, 6.07) is 5.20. The number of thiophene rings is 1. The van der Waals surface area contributed by atoms with E-state index < -0.39 is 0 Å². The van der Waals surface area contributed by atoms with Crippen molar-refractivity contribution in [1.29, 1.82) is 0 Å². The molecular weight excluding hydrogens is 204 g/mol. The van der Waals surface area contributed by atoms with Crippen LogP contribution in [0.25, 0.3) is 0 Å². The van der Waals surface area contributed by atoms with Gasteiger partial charge in [-0.3, -0.25) is 4.90 Å². The van der Waals surface area contributed by atoms with Crippen molar-refractivity contribution in [3.63, 3.8) is 0 Å². The van der Waals surface area contributed by atoms with E-state index >= 15 is 0 Å². The van der Waals surface area contributed by atoms with E-state index in [2.05, 4.69) is 44.7 Å². The van der Waals surface area contributed by atoms with Crippen LogP contribution in [0.2, 0.25) is 0 Å². The Morgan fingerprint density at radius 3 is 2.40 bits per heavy atom. The second-order valence-corrected chi connectivity index (χ2v) is 5.89. The first-order valence-corrected chi connectivity index (χ1v) is 6.35. The van der Waals surface area contributed by atoms with Gasteiger partial charge in [-0.1, -0.05) is 0 Å². The van der Waals surface area contributed by atoms with E-state index in [0.29, 0.717) is 6.04 Å². The van der Waals surface area contributed by atoms with Gasteiger partial charge in [-0.2, -0.15) is 0 Å². The molecule has 0 aromatic carbocycles. The highest BCUT2D eigenvalue weighted by Gasteiger charge is 2.12. The molecule has 0 saturated carbocycles. The average molecular weight is 226 g/mol. The molecule has 0 radical (unpaired) electrons. The van der Waals surface area contributed by atoms with Crippen LogP contribution < -0.4 is 5.73 Å². The molecule has 3 heteroatoms. The molecule has 1 heterocycles. The molecule has 1 aromatic heterocycles. The summed E-state index contributed by atoms with van der Waals surface area (Å²) in [5.74, 6) is 0. The topological polar surface area (TPSA) is 29.3 Å². The largest absolute Gasteiger partial charge is 0.327 e. The zero-order valence-electron chi connectivity index (χ0n) is 10.2. The van der Waals surface area contributed by atoms with E-state index in [1.54, 1.807) is 0 Å². The number of hydrogen-bond acceptors (Lipinski definition) is 3. The van der Waals surface area contributed by atoms with Crippen LogP contribution in [0.1, 0.15) is 30.5 Å². The van der Waals surface area contributed by atoms with Crippen molar-refractivity contribution in [2.75, 3.05) is 6.54 Å². The number of rotatable bonds is 5. The minimum absolute atomic E-state index is 0.244. The zero-order chi connectivity index (χ0) is 11.4. The van der Waals surface area contributed by atoms with Gasteiger partial charge in [-0.25, -0.2) is 0 Å². The predicted molar refractivity (Wildman–Crippen MR) is 68.3 cm³/mol. The fraction of sp³-hybridized carbons (Fsp3) is 0.667. The van der Waals surface area contributed by atoms with Gasteiger partial charge in [0.1, 0.15) is 0 Å². The van der Waals surface area contributed by atoms with Crippen LogP contribution in [0.4, 0.5) is 0 Å². The molecule has 0 spiro atoms. The van der Waals surface area contributed by atoms with Gasteiger partial charge in [0, 0.05) is 34.9 Å². The van der Waals surface area contributed by atoms with Crippen molar-refractivity contribution in [2.45, 2.75) is 46.3 Å². The third-order valence-electron chi connectivity index (χ3n) is 2.41. The van der Waals surface area contributed by atoms with Crippen molar-refractivity contribution in [3.05, 3.63) is 21.9 Å². The van der Waals surface area contributed by atoms with Crippen molar-refractivity contribution >= 4 is 11.3 Å². The Kier molecular flexibility index (Phi) is 4.77. The van der Waals surface area contributed by atoms with Gasteiger partial charge in [0.05, 0.1) is 0 Å². The molecular formula is C12H22N2S. The van der Waals surface area contributed by atoms with E-state index in [1.807, 2.05) is 11.3 Å². The van der Waals surface area contributed by atoms with Gasteiger partial charge in [0.2, 0.25) is 0 Å². The van der Waals surface area contributed by atoms with Gasteiger partial charge >= 0.3 is 0 Å². The fourth-order valence-electron chi connectivity index (χ4n) is 1.60. The summed E-state index contributed by atoms with van der Waals surface area (Å²) >= 11 is 1.88. The maximum atomic E-state index is 5.85. The number of hydrogen-bond donors (Lipinski definition) is 1. The number of nitrogens with two attached hydrogens (primary N) is 1. The minimum Gasteiger partial charge on any atom is -0.327 e. The smallest absolute Gasteiger partial charge is 0.0331 e. The second-order valence-electron chi connectivity index (χ2n) is 4.51. The Hall–Kier alpha value is -0.380. The third-order valence-corrected chi connectivity index (χ3v) is 3.39. The minimum atomic E-state index is 0.244. The highest BCUT2D eigenvalue weighted by molar-refractivity contribution is 7.11. The normalized spacial score (nSPS) is 13.8. The molecule has 86 valence electrons. The molecule has 0 aliphatic rings. The first-order chi connectivity index (χ1) is 6.99. The van der Waals surface area contributed by atoms with Gasteiger partial charge in [-0.15, -0.1) is 11.3 Å². The van der Waals surface area contributed by atoms with E-state index in [1.165, 1.54) is 9.75 Å². The van der Waals surface area contributed by atoms with Crippen molar-refractivity contribution in [3.8, 4) is 0 Å². The van der Waals surface area contributed by atoms with Crippen LogP contribution in [0.5, 0.6) is 0 Å². The average Bonchev–Trinajstić information content (AvgIpc) is 2.49. The van der Waals surface area contributed by atoms with Gasteiger partial charge in [0.25, 0.3) is 0 Å². The van der Waals surface area contributed by atoms with Crippen LogP contribution >= 0.6 is 11.3 Å². The van der Waals surface area contributed by atoms with Crippen LogP contribution in [0, 0.1) is 6.92 Å². The molecule has 0 bridgehead atoms. The third kappa shape index (κ3) is 4.33. The summed E-state index contributed by atoms with van der Waals surface area (Å²) in [5.41, 5.74) is 5.85. The van der Waals surface area contributed by atoms with Crippen LogP contribution in [0.15, 0.2) is 12.1 Å². The Morgan fingerprint density at radius 1 is 1.33 bits per heavy atom. The molecule has 1 aromatic rings. The maximum Gasteiger partial charge on any atom is 0.0331 e. The summed E-state index contributed by atoms with van der Waals surface area (Å²) in [4.78, 5) is 5.24. The molecule has 1 rings (SSSR count). The SMILES string of the molecule is Cc1ccc(CN(CC(C)N)C(C)C)s1. The highest BCUT2D eigenvalue weighted by atomic mass is 32.1. The molecule has 0 aliphatic carbocycles. The molecule has 0 aliphatic heterocycles. The van der Waals surface area contributed by atoms with E-state index in [9.17, 15) is 0 Å². The van der Waals surface area contributed by atoms with E-state index in [0.717, 1.165) is 13.1 Å². The molecule has 0 saturated heterocycles. The standard InChI is InChI=1S/C12H22N2S/c1-9(2)14(7-10(3)13)8-12-6-5-11(4)15-12/h5-6,9-10H,7-8,13H2,1-4H3. The predicted octanol–water partition coefficient (Wildman–Crippen LogP) is 2.61. The molecule has 2 N–H and O–H groups in total. The van der Waals surface area contributed by atoms with E-state index in [-0.39, 0.29) is 6.04 Å². The van der Waals surface area contributed by atoms with Crippen molar-refractivity contribution in [1.82, 2.24) is 4.90 Å². The molecule has 2 nitrogen and oxygen atoms in total. The van der Waals surface area contributed by atoms with Crippen LogP contribution in [-0.4, -0.2) is 23.5 Å². The van der Waals surface area contributed by atoms with Gasteiger partial charge in [-0.05, 0) is 39.8 Å². The molecule has 0 fully saturated rings. The molecule has 1 unspecified atom stereocenters. The maximum absolute atomic E-state index is 5.85. The lowest BCUT2D eigenvalue weighted by atomic mass is 10.2. The zero-order valence-corrected chi connectivity index (χ0v) is 11.0. The number of nitrogens with zero attached hydrogens (tertiary/aromatic N) is 1. The lowest BCUT2D eigenvalue weighted by molar-refractivity contribution is 0.205. The lowest BCUT2D eigenvalue weighted by Crippen LogP contribution is -2.39. The van der Waals surface area contributed by atoms with Crippen molar-refractivity contribution < 1.29 is 0 Å². The van der Waals surface area contributed by atoms with Crippen LogP contribution in [-0.2, 0) is 6.54 Å². The summed E-state index contributed by atoms with van der Waals surface area (Å²) in [6.45, 7) is 10.7. The summed E-state index contributed by atoms with van der Waals surface area (Å²) in [6.07, 6.45) is 0. The highest BCUT2D eigenvalue weighted by Crippen LogP contribution is 2.18. The fourth-order valence-corrected chi connectivity index (χ4v) is 2.51. The summed E-state index contributed by atoms with van der Waals surface area (Å²) in [7, 11) is 0. The Bertz CT molecular complexity index is 292. The van der Waals surface area contributed by atoms with Crippen molar-refractivity contribution in [2.24, 2.45) is 5.73 Å². The van der Waals surface area contributed by atoms with Crippen LogP contribution in [0.3, 0.4) is 0 Å². The molecule has 0 amide bonds. The summed E-state index contributed by atoms with van der Waals surface area (Å²) < 4.78 is 0. The van der Waals surface area contributed by atoms with Gasteiger partial charge in [0.15, 0.2) is 0 Å². The lowest BCUT2D eigenvalue weighted by Gasteiger charge is -2.27.